The summed E-state index contributed by atoms with van der Waals surface area (Å²) in [5.41, 5.74) is 6.13. The minimum absolute atomic E-state index is 0.0287. The van der Waals surface area contributed by atoms with Crippen LogP contribution in [0.25, 0.3) is 0 Å². The topological polar surface area (TPSA) is 164 Å². The highest BCUT2D eigenvalue weighted by atomic mass is 127. The van der Waals surface area contributed by atoms with Crippen molar-refractivity contribution in [3.8, 4) is 34.5 Å². The molecule has 0 atom stereocenters. The number of carbonyl (C=O) groups excluding carboxylic acids is 3. The van der Waals surface area contributed by atoms with Gasteiger partial charge in [0.05, 0.1) is 26.8 Å². The van der Waals surface area contributed by atoms with Crippen LogP contribution in [0.5, 0.6) is 34.5 Å². The molecule has 0 aromatic heterocycles. The highest BCUT2D eigenvalue weighted by molar-refractivity contribution is 7.85. The normalized spacial score (nSPS) is 15.1. The van der Waals surface area contributed by atoms with Gasteiger partial charge < -0.3 is 33.0 Å². The fourth-order valence-corrected chi connectivity index (χ4v) is 15.1. The highest BCUT2D eigenvalue weighted by Crippen LogP contribution is 2.59. The molecule has 88 heavy (non-hydrogen) atoms. The van der Waals surface area contributed by atoms with Crippen LogP contribution in [0.15, 0.2) is 273 Å². The Hall–Kier alpha value is -10.1. The van der Waals surface area contributed by atoms with Crippen LogP contribution in [-0.4, -0.2) is 36.6 Å². The Morgan fingerprint density at radius 1 is 0.318 bits per heavy atom. The molecule has 11 aromatic carbocycles. The third-order valence-corrected chi connectivity index (χ3v) is 19.5. The molecule has 14 heteroatoms. The SMILES string of the molecule is O=C1OC2(c3ccccc3Oc3ccccc32)c2cccc(CCS(=O)(=O)[O-])c21.O=C1OC2(c3ccccc3Oc3ccccc32)c2ccccc21.O=C1OC2(c3ccccc3Oc3ccccc32)c2ccccc21.c1ccc([I+]c2ccccc2)cc1. The largest absolute Gasteiger partial charge is 0.748 e. The van der Waals surface area contributed by atoms with Gasteiger partial charge in [0.25, 0.3) is 0 Å². The number of hydrogen-bond donors (Lipinski definition) is 0. The first kappa shape index (κ1) is 55.7. The number of para-hydroxylation sites is 6. The molecular weight excluding hydrogens is 1240 g/mol. The summed E-state index contributed by atoms with van der Waals surface area (Å²) in [5.74, 6) is 2.31. The van der Waals surface area contributed by atoms with E-state index in [0.717, 1.165) is 56.4 Å². The first-order valence-corrected chi connectivity index (χ1v) is 32.0. The fraction of sp³-hybridized carbons (Fsp3) is 0.0676. The molecule has 0 saturated heterocycles. The van der Waals surface area contributed by atoms with E-state index >= 15 is 0 Å². The van der Waals surface area contributed by atoms with E-state index < -0.39 is 38.6 Å². The van der Waals surface area contributed by atoms with Gasteiger partial charge in [-0.3, -0.25) is 0 Å². The Balaban J connectivity index is 0.000000106. The first-order valence-electron chi connectivity index (χ1n) is 28.3. The lowest BCUT2D eigenvalue weighted by Crippen LogP contribution is -3.61. The molecule has 6 aliphatic heterocycles. The van der Waals surface area contributed by atoms with Gasteiger partial charge in [0.2, 0.25) is 0 Å². The van der Waals surface area contributed by atoms with E-state index in [0.29, 0.717) is 50.4 Å². The minimum atomic E-state index is -4.41. The summed E-state index contributed by atoms with van der Waals surface area (Å²) in [6, 6.07) is 87.3. The third-order valence-electron chi connectivity index (χ3n) is 16.1. The molecule has 0 saturated carbocycles. The lowest BCUT2D eigenvalue weighted by atomic mass is 9.77. The van der Waals surface area contributed by atoms with Crippen LogP contribution in [0.2, 0.25) is 0 Å². The Bertz CT molecular complexity index is 4350. The lowest BCUT2D eigenvalue weighted by molar-refractivity contribution is -0.597. The zero-order valence-electron chi connectivity index (χ0n) is 46.6. The van der Waals surface area contributed by atoms with Crippen molar-refractivity contribution >= 4 is 28.0 Å². The van der Waals surface area contributed by atoms with E-state index in [9.17, 15) is 27.4 Å². The van der Waals surface area contributed by atoms with E-state index in [2.05, 4.69) is 60.7 Å². The van der Waals surface area contributed by atoms with Gasteiger partial charge in [0.15, 0.2) is 23.9 Å². The summed E-state index contributed by atoms with van der Waals surface area (Å²) in [7, 11) is -4.41. The van der Waals surface area contributed by atoms with Crippen molar-refractivity contribution in [1.29, 1.82) is 0 Å². The van der Waals surface area contributed by atoms with Crippen LogP contribution in [0.4, 0.5) is 0 Å². The first-order chi connectivity index (χ1) is 43.0. The second-order valence-corrected chi connectivity index (χ2v) is 25.7. The molecule has 0 radical (unpaired) electrons. The van der Waals surface area contributed by atoms with E-state index in [4.69, 9.17) is 28.4 Å². The quantitative estimate of drug-likeness (QED) is 0.0694. The van der Waals surface area contributed by atoms with Gasteiger partial charge in [-0.05, 0) is 84.8 Å². The molecule has 0 N–H and O–H groups in total. The monoisotopic (exact) mass is 1290 g/mol. The zero-order valence-corrected chi connectivity index (χ0v) is 49.6. The van der Waals surface area contributed by atoms with Crippen molar-refractivity contribution in [1.82, 2.24) is 0 Å². The Kier molecular flexibility index (Phi) is 14.3. The summed E-state index contributed by atoms with van der Waals surface area (Å²) >= 11 is 0.0287. The summed E-state index contributed by atoms with van der Waals surface area (Å²) in [5, 5.41) is 0. The summed E-state index contributed by atoms with van der Waals surface area (Å²) in [6.45, 7) is 0. The molecule has 0 aliphatic carbocycles. The maximum atomic E-state index is 13.0. The van der Waals surface area contributed by atoms with Crippen LogP contribution in [0.1, 0.15) is 86.7 Å². The van der Waals surface area contributed by atoms with Crippen molar-refractivity contribution in [3.05, 3.63) is 352 Å². The highest BCUT2D eigenvalue weighted by Gasteiger charge is 2.56. The van der Waals surface area contributed by atoms with E-state index in [1.165, 1.54) is 7.14 Å². The molecule has 430 valence electrons. The number of fused-ring (bicyclic) bond motifs is 18. The average molecular weight is 1290 g/mol. The molecule has 17 rings (SSSR count). The van der Waals surface area contributed by atoms with Crippen LogP contribution in [0, 0.1) is 7.14 Å². The Morgan fingerprint density at radius 3 is 0.955 bits per heavy atom. The van der Waals surface area contributed by atoms with Crippen molar-refractivity contribution in [2.24, 2.45) is 0 Å². The van der Waals surface area contributed by atoms with Gasteiger partial charge >= 0.3 is 39.1 Å². The maximum Gasteiger partial charge on any atom is 0.357 e. The number of esters is 3. The van der Waals surface area contributed by atoms with Crippen molar-refractivity contribution in [3.63, 3.8) is 0 Å². The number of aryl methyl sites for hydroxylation is 1. The van der Waals surface area contributed by atoms with Crippen molar-refractivity contribution in [2.45, 2.75) is 23.2 Å². The molecule has 0 bridgehead atoms. The summed E-state index contributed by atoms with van der Waals surface area (Å²) < 4.78 is 72.4. The molecule has 3 spiro atoms. The molecule has 11 aromatic rings. The number of carbonyl (C=O) groups is 3. The number of hydrogen-bond acceptors (Lipinski definition) is 12. The number of ether oxygens (including phenoxy) is 6. The predicted molar refractivity (Wildman–Crippen MR) is 323 cm³/mol. The van der Waals surface area contributed by atoms with Crippen LogP contribution < -0.4 is 35.4 Å². The van der Waals surface area contributed by atoms with E-state index in [1.54, 1.807) is 18.2 Å². The molecule has 0 unspecified atom stereocenters. The molecule has 12 nitrogen and oxygen atoms in total. The lowest BCUT2D eigenvalue weighted by Gasteiger charge is -2.36. The summed E-state index contributed by atoms with van der Waals surface area (Å²) in [4.78, 5) is 38.0. The molecule has 0 amide bonds. The average Bonchev–Trinajstić information content (AvgIpc) is 1.50. The van der Waals surface area contributed by atoms with Crippen LogP contribution in [0.3, 0.4) is 0 Å². The van der Waals surface area contributed by atoms with Gasteiger partial charge in [-0.15, -0.1) is 0 Å². The minimum Gasteiger partial charge on any atom is -0.748 e. The predicted octanol–water partition coefficient (Wildman–Crippen LogP) is 11.7. The van der Waals surface area contributed by atoms with E-state index in [-0.39, 0.29) is 39.6 Å². The molecule has 6 aliphatic rings. The second kappa shape index (κ2) is 22.6. The van der Waals surface area contributed by atoms with Gasteiger partial charge in [-0.2, -0.15) is 0 Å². The zero-order chi connectivity index (χ0) is 60.0. The van der Waals surface area contributed by atoms with Gasteiger partial charge in [-0.25, -0.2) is 22.8 Å². The van der Waals surface area contributed by atoms with Crippen molar-refractivity contribution < 1.29 is 77.0 Å². The number of halogens is 1. The third kappa shape index (κ3) is 9.56. The van der Waals surface area contributed by atoms with Crippen molar-refractivity contribution in [2.75, 3.05) is 5.75 Å². The molecule has 0 fully saturated rings. The van der Waals surface area contributed by atoms with E-state index in [1.807, 2.05) is 194 Å². The van der Waals surface area contributed by atoms with Crippen LogP contribution in [-0.2, 0) is 47.6 Å². The Morgan fingerprint density at radius 2 is 0.602 bits per heavy atom. The van der Waals surface area contributed by atoms with Gasteiger partial charge in [0, 0.05) is 55.8 Å². The van der Waals surface area contributed by atoms with Gasteiger partial charge in [0.1, 0.15) is 34.5 Å². The number of rotatable bonds is 5. The summed E-state index contributed by atoms with van der Waals surface area (Å²) in [6.07, 6.45) is -0.0556. The molecule has 6 heterocycles. The fourth-order valence-electron chi connectivity index (χ4n) is 12.4. The Labute approximate surface area is 517 Å². The van der Waals surface area contributed by atoms with Gasteiger partial charge in [-0.1, -0.05) is 200 Å². The van der Waals surface area contributed by atoms with Crippen LogP contribution >= 0.6 is 0 Å². The smallest absolute Gasteiger partial charge is 0.357 e. The second-order valence-electron chi connectivity index (χ2n) is 21.1. The maximum absolute atomic E-state index is 13.0. The standard InChI is InChI=1S/C22H16O6S.2C20H12O3.C12H10I/c23-21-20-14(12-13-29(24,25)26)6-5-9-17(20)22(28-21)15-7-1-3-10-18(15)27-19-11-4-2-8-16(19)22;2*21-19-13-7-1-2-8-14(13)20(23-19)15-9-3-5-11-17(15)22-18-12-6-4-10-16(18)20;1-3-7-11(8-4-1)13-12-9-5-2-6-10-12/h1-11H,12-13H2,(H,24,25,26);2*1-12H;1-10H/q;;;+1/p-1. The molecular formula is C74H49IO12S. The number of benzene rings is 11.